The maximum atomic E-state index is 12.3. The molecule has 1 aromatic rings. The van der Waals surface area contributed by atoms with E-state index in [1.54, 1.807) is 13.2 Å². The second-order valence-electron chi connectivity index (χ2n) is 6.90. The summed E-state index contributed by atoms with van der Waals surface area (Å²) in [6, 6.07) is 5.56. The predicted molar refractivity (Wildman–Crippen MR) is 94.6 cm³/mol. The van der Waals surface area contributed by atoms with Gasteiger partial charge in [0.25, 0.3) is 0 Å². The first-order chi connectivity index (χ1) is 12.2. The molecule has 25 heavy (non-hydrogen) atoms. The molecule has 2 fully saturated rings. The Morgan fingerprint density at radius 1 is 1.36 bits per heavy atom. The van der Waals surface area contributed by atoms with Crippen molar-refractivity contribution in [2.24, 2.45) is 5.92 Å². The van der Waals surface area contributed by atoms with Gasteiger partial charge in [0.2, 0.25) is 5.91 Å². The minimum Gasteiger partial charge on any atom is -0.504 e. The van der Waals surface area contributed by atoms with Crippen LogP contribution in [0, 0.1) is 5.92 Å². The van der Waals surface area contributed by atoms with Crippen LogP contribution in [0.15, 0.2) is 18.2 Å². The summed E-state index contributed by atoms with van der Waals surface area (Å²) < 4.78 is 10.7. The van der Waals surface area contributed by atoms with Gasteiger partial charge >= 0.3 is 0 Å². The molecule has 0 saturated carbocycles. The van der Waals surface area contributed by atoms with Gasteiger partial charge in [0.05, 0.1) is 13.2 Å². The Balaban J connectivity index is 1.44. The maximum Gasteiger partial charge on any atom is 0.223 e. The number of carbonyl (C=O) groups is 1. The molecule has 0 aliphatic carbocycles. The zero-order chi connectivity index (χ0) is 17.6. The molecule has 138 valence electrons. The molecule has 2 heterocycles. The first-order valence-corrected chi connectivity index (χ1v) is 9.14. The van der Waals surface area contributed by atoms with Crippen molar-refractivity contribution in [1.82, 2.24) is 10.2 Å². The largest absolute Gasteiger partial charge is 0.504 e. The van der Waals surface area contributed by atoms with Gasteiger partial charge in [0.1, 0.15) is 0 Å². The molecule has 1 amide bonds. The molecule has 0 radical (unpaired) electrons. The first kappa shape index (κ1) is 18.0. The highest BCUT2D eigenvalue weighted by molar-refractivity contribution is 5.78. The summed E-state index contributed by atoms with van der Waals surface area (Å²) in [5.74, 6) is 0.943. The second-order valence-corrected chi connectivity index (χ2v) is 6.90. The summed E-state index contributed by atoms with van der Waals surface area (Å²) in [5.41, 5.74) is 0.862. The normalized spacial score (nSPS) is 22.0. The zero-order valence-corrected chi connectivity index (χ0v) is 14.9. The number of hydrogen-bond donors (Lipinski definition) is 2. The molecule has 0 aromatic heterocycles. The highest BCUT2D eigenvalue weighted by atomic mass is 16.5. The molecule has 6 nitrogen and oxygen atoms in total. The van der Waals surface area contributed by atoms with Crippen LogP contribution in [0.25, 0.3) is 0 Å². The Hall–Kier alpha value is -1.79. The summed E-state index contributed by atoms with van der Waals surface area (Å²) >= 11 is 0. The third-order valence-electron chi connectivity index (χ3n) is 5.18. The van der Waals surface area contributed by atoms with Gasteiger partial charge in [0, 0.05) is 31.2 Å². The number of carbonyl (C=O) groups excluding carboxylic acids is 1. The number of likely N-dealkylation sites (tertiary alicyclic amines) is 1. The molecule has 6 heteroatoms. The number of phenols is 1. The molecule has 2 aliphatic heterocycles. The smallest absolute Gasteiger partial charge is 0.223 e. The van der Waals surface area contributed by atoms with E-state index in [1.165, 1.54) is 0 Å². The summed E-state index contributed by atoms with van der Waals surface area (Å²) in [6.45, 7) is 3.84. The number of hydrogen-bond acceptors (Lipinski definition) is 5. The number of phenolic OH excluding ortho intramolecular Hbond substituents is 1. The molecule has 1 aromatic carbocycles. The lowest BCUT2D eigenvalue weighted by molar-refractivity contribution is -0.127. The van der Waals surface area contributed by atoms with Crippen molar-refractivity contribution >= 4 is 5.91 Å². The summed E-state index contributed by atoms with van der Waals surface area (Å²) in [4.78, 5) is 14.6. The molecule has 2 saturated heterocycles. The van der Waals surface area contributed by atoms with Gasteiger partial charge in [-0.15, -0.1) is 0 Å². The Morgan fingerprint density at radius 3 is 2.84 bits per heavy atom. The fourth-order valence-corrected chi connectivity index (χ4v) is 3.62. The van der Waals surface area contributed by atoms with Gasteiger partial charge < -0.3 is 19.9 Å². The Kier molecular flexibility index (Phi) is 6.15. The Bertz CT molecular complexity index is 579. The minimum atomic E-state index is 0.0801. The Labute approximate surface area is 149 Å². The van der Waals surface area contributed by atoms with Crippen molar-refractivity contribution in [2.75, 3.05) is 33.4 Å². The average molecular weight is 348 g/mol. The van der Waals surface area contributed by atoms with Gasteiger partial charge in [-0.1, -0.05) is 12.1 Å². The van der Waals surface area contributed by atoms with Crippen LogP contribution in [0.4, 0.5) is 0 Å². The molecule has 0 spiro atoms. The van der Waals surface area contributed by atoms with Gasteiger partial charge in [-0.25, -0.2) is 0 Å². The van der Waals surface area contributed by atoms with Crippen molar-refractivity contribution in [3.63, 3.8) is 0 Å². The van der Waals surface area contributed by atoms with Crippen LogP contribution in [-0.4, -0.2) is 55.4 Å². The van der Waals surface area contributed by atoms with Crippen LogP contribution >= 0.6 is 0 Å². The maximum absolute atomic E-state index is 12.3. The molecular weight excluding hydrogens is 320 g/mol. The van der Waals surface area contributed by atoms with Gasteiger partial charge in [0.15, 0.2) is 11.5 Å². The van der Waals surface area contributed by atoms with E-state index in [-0.39, 0.29) is 23.7 Å². The lowest BCUT2D eigenvalue weighted by Gasteiger charge is -2.31. The number of ether oxygens (including phenoxy) is 2. The van der Waals surface area contributed by atoms with E-state index < -0.39 is 0 Å². The minimum absolute atomic E-state index is 0.0801. The molecule has 2 N–H and O–H groups in total. The second kappa shape index (κ2) is 8.54. The van der Waals surface area contributed by atoms with E-state index in [0.717, 1.165) is 50.9 Å². The fourth-order valence-electron chi connectivity index (χ4n) is 3.62. The van der Waals surface area contributed by atoms with Crippen molar-refractivity contribution < 1.29 is 19.4 Å². The third-order valence-corrected chi connectivity index (χ3v) is 5.18. The van der Waals surface area contributed by atoms with E-state index in [2.05, 4.69) is 10.2 Å². The molecular formula is C19H28N2O4. The summed E-state index contributed by atoms with van der Waals surface area (Å²) in [6.07, 6.45) is 4.03. The molecule has 0 bridgehead atoms. The van der Waals surface area contributed by atoms with E-state index in [4.69, 9.17) is 9.47 Å². The van der Waals surface area contributed by atoms with Crippen molar-refractivity contribution in [1.29, 1.82) is 0 Å². The van der Waals surface area contributed by atoms with Crippen molar-refractivity contribution in [3.05, 3.63) is 23.8 Å². The van der Waals surface area contributed by atoms with Gasteiger partial charge in [-0.3, -0.25) is 9.69 Å². The number of piperidine rings is 1. The van der Waals surface area contributed by atoms with Crippen LogP contribution in [-0.2, 0) is 16.1 Å². The van der Waals surface area contributed by atoms with Crippen LogP contribution < -0.4 is 10.1 Å². The fraction of sp³-hybridized carbons (Fsp3) is 0.632. The zero-order valence-electron chi connectivity index (χ0n) is 14.9. The van der Waals surface area contributed by atoms with Crippen LogP contribution in [0.3, 0.4) is 0 Å². The predicted octanol–water partition coefficient (Wildman–Crippen LogP) is 1.91. The number of nitrogens with zero attached hydrogens (tertiary/aromatic N) is 1. The molecule has 3 rings (SSSR count). The van der Waals surface area contributed by atoms with Gasteiger partial charge in [-0.05, 0) is 44.8 Å². The first-order valence-electron chi connectivity index (χ1n) is 9.14. The van der Waals surface area contributed by atoms with E-state index in [9.17, 15) is 9.90 Å². The van der Waals surface area contributed by atoms with Gasteiger partial charge in [-0.2, -0.15) is 0 Å². The number of nitrogens with one attached hydrogen (secondary N) is 1. The molecule has 0 unspecified atom stereocenters. The van der Waals surface area contributed by atoms with Crippen LogP contribution in [0.5, 0.6) is 11.5 Å². The lowest BCUT2D eigenvalue weighted by atomic mass is 9.95. The van der Waals surface area contributed by atoms with Crippen LogP contribution in [0.1, 0.15) is 31.2 Å². The van der Waals surface area contributed by atoms with E-state index in [1.807, 2.05) is 12.1 Å². The third kappa shape index (κ3) is 4.64. The van der Waals surface area contributed by atoms with Crippen LogP contribution in [0.2, 0.25) is 0 Å². The SMILES string of the molecule is COc1cccc(CN2CCC(C(=O)NC[C@H]3CCCO3)CC2)c1O. The number of para-hydroxylation sites is 1. The lowest BCUT2D eigenvalue weighted by Crippen LogP contribution is -2.42. The monoisotopic (exact) mass is 348 g/mol. The Morgan fingerprint density at radius 2 is 2.16 bits per heavy atom. The highest BCUT2D eigenvalue weighted by Crippen LogP contribution is 2.31. The number of benzene rings is 1. The number of aromatic hydroxyl groups is 1. The van der Waals surface area contributed by atoms with Crippen molar-refractivity contribution in [2.45, 2.75) is 38.3 Å². The highest BCUT2D eigenvalue weighted by Gasteiger charge is 2.26. The quantitative estimate of drug-likeness (QED) is 0.822. The molecule has 2 aliphatic rings. The summed E-state index contributed by atoms with van der Waals surface area (Å²) in [5, 5.41) is 13.2. The molecule has 1 atom stereocenters. The van der Waals surface area contributed by atoms with E-state index >= 15 is 0 Å². The standard InChI is InChI=1S/C19H28N2O4/c1-24-17-6-2-4-15(18(17)22)13-21-9-7-14(8-10-21)19(23)20-12-16-5-3-11-25-16/h2,4,6,14,16,22H,3,5,7-13H2,1H3,(H,20,23)/t16-/m1/s1. The average Bonchev–Trinajstić information content (AvgIpc) is 3.16. The topological polar surface area (TPSA) is 71.0 Å². The number of amides is 1. The number of methoxy groups -OCH3 is 1. The van der Waals surface area contributed by atoms with Crippen molar-refractivity contribution in [3.8, 4) is 11.5 Å². The number of rotatable bonds is 6. The summed E-state index contributed by atoms with van der Waals surface area (Å²) in [7, 11) is 1.56. The van der Waals surface area contributed by atoms with E-state index in [0.29, 0.717) is 18.8 Å².